The van der Waals surface area contributed by atoms with Gasteiger partial charge in [0.15, 0.2) is 0 Å². The van der Waals surface area contributed by atoms with Crippen LogP contribution in [0.25, 0.3) is 0 Å². The van der Waals surface area contributed by atoms with E-state index in [9.17, 15) is 9.59 Å². The first kappa shape index (κ1) is 20.9. The van der Waals surface area contributed by atoms with E-state index in [-0.39, 0.29) is 17.9 Å². The Morgan fingerprint density at radius 3 is 2.28 bits per heavy atom. The van der Waals surface area contributed by atoms with Gasteiger partial charge in [-0.3, -0.25) is 4.79 Å². The molecule has 3 rings (SSSR count). The standard InChI is InChI=1S/C23H29N3O3/c1-17(24-16-18-6-8-19(9-7-18)23(28)29-2)22(27)25-20-10-12-21(13-11-20)26-14-4-3-5-15-26/h6-13,17,24H,3-5,14-16H2,1-2H3,(H,25,27)/t17-/m0/s1. The minimum atomic E-state index is -0.358. The van der Waals surface area contributed by atoms with E-state index < -0.39 is 0 Å². The Balaban J connectivity index is 1.48. The number of anilines is 2. The summed E-state index contributed by atoms with van der Waals surface area (Å²) in [5.74, 6) is -0.439. The first-order chi connectivity index (χ1) is 14.1. The molecular formula is C23H29N3O3. The van der Waals surface area contributed by atoms with Gasteiger partial charge in [-0.15, -0.1) is 0 Å². The van der Waals surface area contributed by atoms with Gasteiger partial charge < -0.3 is 20.3 Å². The summed E-state index contributed by atoms with van der Waals surface area (Å²) in [6.45, 7) is 4.57. The number of ether oxygens (including phenoxy) is 1. The molecule has 1 aliphatic heterocycles. The number of hydrogen-bond acceptors (Lipinski definition) is 5. The van der Waals surface area contributed by atoms with Crippen LogP contribution in [0.3, 0.4) is 0 Å². The van der Waals surface area contributed by atoms with E-state index in [1.54, 1.807) is 12.1 Å². The van der Waals surface area contributed by atoms with E-state index in [0.29, 0.717) is 12.1 Å². The van der Waals surface area contributed by atoms with Crippen molar-refractivity contribution in [2.24, 2.45) is 0 Å². The van der Waals surface area contributed by atoms with Crippen LogP contribution in [0.15, 0.2) is 48.5 Å². The number of nitrogens with zero attached hydrogens (tertiary/aromatic N) is 1. The molecule has 0 bridgehead atoms. The Morgan fingerprint density at radius 2 is 1.66 bits per heavy atom. The molecule has 1 heterocycles. The summed E-state index contributed by atoms with van der Waals surface area (Å²) in [6.07, 6.45) is 3.80. The van der Waals surface area contributed by atoms with Crippen molar-refractivity contribution in [1.29, 1.82) is 0 Å². The molecule has 2 aromatic carbocycles. The molecule has 2 N–H and O–H groups in total. The van der Waals surface area contributed by atoms with Crippen molar-refractivity contribution < 1.29 is 14.3 Å². The maximum Gasteiger partial charge on any atom is 0.337 e. The summed E-state index contributed by atoms with van der Waals surface area (Å²) in [6, 6.07) is 14.8. The van der Waals surface area contributed by atoms with Crippen molar-refractivity contribution in [2.75, 3.05) is 30.4 Å². The molecule has 29 heavy (non-hydrogen) atoms. The lowest BCUT2D eigenvalue weighted by Crippen LogP contribution is -2.37. The lowest BCUT2D eigenvalue weighted by atomic mass is 10.1. The van der Waals surface area contributed by atoms with Crippen molar-refractivity contribution in [3.63, 3.8) is 0 Å². The molecule has 2 aromatic rings. The van der Waals surface area contributed by atoms with Gasteiger partial charge in [0.2, 0.25) is 5.91 Å². The van der Waals surface area contributed by atoms with E-state index in [1.165, 1.54) is 32.1 Å². The molecule has 0 aliphatic carbocycles. The maximum atomic E-state index is 12.5. The number of methoxy groups -OCH3 is 1. The summed E-state index contributed by atoms with van der Waals surface area (Å²) >= 11 is 0. The van der Waals surface area contributed by atoms with Gasteiger partial charge in [-0.25, -0.2) is 4.79 Å². The normalized spacial score (nSPS) is 14.9. The Kier molecular flexibility index (Phi) is 7.25. The molecule has 1 atom stereocenters. The minimum Gasteiger partial charge on any atom is -0.465 e. The SMILES string of the molecule is COC(=O)c1ccc(CN[C@@H](C)C(=O)Nc2ccc(N3CCCCC3)cc2)cc1. The van der Waals surface area contributed by atoms with Crippen LogP contribution in [0.4, 0.5) is 11.4 Å². The third-order valence-corrected chi connectivity index (χ3v) is 5.24. The largest absolute Gasteiger partial charge is 0.465 e. The van der Waals surface area contributed by atoms with Crippen LogP contribution in [0.1, 0.15) is 42.1 Å². The van der Waals surface area contributed by atoms with Crippen LogP contribution >= 0.6 is 0 Å². The molecule has 1 amide bonds. The summed E-state index contributed by atoms with van der Waals surface area (Å²) in [5.41, 5.74) is 3.51. The minimum absolute atomic E-state index is 0.0816. The van der Waals surface area contributed by atoms with Gasteiger partial charge in [0.25, 0.3) is 0 Å². The van der Waals surface area contributed by atoms with Gasteiger partial charge in [0.1, 0.15) is 0 Å². The summed E-state index contributed by atoms with van der Waals surface area (Å²) < 4.78 is 4.69. The van der Waals surface area contributed by atoms with Crippen LogP contribution in [0.5, 0.6) is 0 Å². The molecule has 0 radical (unpaired) electrons. The van der Waals surface area contributed by atoms with Gasteiger partial charge in [0, 0.05) is 31.0 Å². The van der Waals surface area contributed by atoms with E-state index in [1.807, 2.05) is 31.2 Å². The van der Waals surface area contributed by atoms with Gasteiger partial charge in [0.05, 0.1) is 18.7 Å². The number of piperidine rings is 1. The van der Waals surface area contributed by atoms with Gasteiger partial charge in [-0.05, 0) is 68.1 Å². The van der Waals surface area contributed by atoms with Crippen molar-refractivity contribution in [1.82, 2.24) is 5.32 Å². The number of carbonyl (C=O) groups is 2. The summed E-state index contributed by atoms with van der Waals surface area (Å²) in [5, 5.41) is 6.17. The average molecular weight is 396 g/mol. The molecule has 0 aromatic heterocycles. The fraction of sp³-hybridized carbons (Fsp3) is 0.391. The maximum absolute atomic E-state index is 12.5. The Labute approximate surface area is 172 Å². The fourth-order valence-electron chi connectivity index (χ4n) is 3.40. The number of nitrogens with one attached hydrogen (secondary N) is 2. The zero-order chi connectivity index (χ0) is 20.6. The predicted molar refractivity (Wildman–Crippen MR) is 115 cm³/mol. The first-order valence-corrected chi connectivity index (χ1v) is 10.1. The number of esters is 1. The number of carbonyl (C=O) groups excluding carboxylic acids is 2. The van der Waals surface area contributed by atoms with Gasteiger partial charge >= 0.3 is 5.97 Å². The number of hydrogen-bond donors (Lipinski definition) is 2. The van der Waals surface area contributed by atoms with E-state index in [0.717, 1.165) is 24.3 Å². The van der Waals surface area contributed by atoms with E-state index >= 15 is 0 Å². The van der Waals surface area contributed by atoms with Gasteiger partial charge in [-0.1, -0.05) is 12.1 Å². The van der Waals surface area contributed by atoms with E-state index in [4.69, 9.17) is 4.74 Å². The zero-order valence-electron chi connectivity index (χ0n) is 17.1. The monoisotopic (exact) mass is 395 g/mol. The first-order valence-electron chi connectivity index (χ1n) is 10.1. The van der Waals surface area contributed by atoms with E-state index in [2.05, 4.69) is 27.7 Å². The van der Waals surface area contributed by atoms with Crippen LogP contribution in [0.2, 0.25) is 0 Å². The van der Waals surface area contributed by atoms with Crippen LogP contribution in [0, 0.1) is 0 Å². The molecule has 1 saturated heterocycles. The van der Waals surface area contributed by atoms with Gasteiger partial charge in [-0.2, -0.15) is 0 Å². The zero-order valence-corrected chi connectivity index (χ0v) is 17.1. The smallest absolute Gasteiger partial charge is 0.337 e. The molecule has 0 saturated carbocycles. The molecule has 6 nitrogen and oxygen atoms in total. The Morgan fingerprint density at radius 1 is 1.00 bits per heavy atom. The molecule has 1 aliphatic rings. The molecular weight excluding hydrogens is 366 g/mol. The van der Waals surface area contributed by atoms with Crippen molar-refractivity contribution >= 4 is 23.3 Å². The number of amides is 1. The molecule has 6 heteroatoms. The van der Waals surface area contributed by atoms with Crippen LogP contribution in [-0.4, -0.2) is 38.1 Å². The highest BCUT2D eigenvalue weighted by molar-refractivity contribution is 5.94. The summed E-state index contributed by atoms with van der Waals surface area (Å²) in [4.78, 5) is 26.3. The Bertz CT molecular complexity index is 812. The lowest BCUT2D eigenvalue weighted by molar-refractivity contribution is -0.117. The third kappa shape index (κ3) is 5.81. The number of benzene rings is 2. The molecule has 1 fully saturated rings. The van der Waals surface area contributed by atoms with Crippen molar-refractivity contribution in [3.8, 4) is 0 Å². The number of rotatable bonds is 7. The lowest BCUT2D eigenvalue weighted by Gasteiger charge is -2.28. The highest BCUT2D eigenvalue weighted by Gasteiger charge is 2.14. The second-order valence-corrected chi connectivity index (χ2v) is 7.37. The Hall–Kier alpha value is -2.86. The molecule has 0 unspecified atom stereocenters. The average Bonchev–Trinajstić information content (AvgIpc) is 2.78. The topological polar surface area (TPSA) is 70.7 Å². The van der Waals surface area contributed by atoms with Crippen LogP contribution < -0.4 is 15.5 Å². The second kappa shape index (κ2) is 10.1. The van der Waals surface area contributed by atoms with Crippen molar-refractivity contribution in [3.05, 3.63) is 59.7 Å². The third-order valence-electron chi connectivity index (χ3n) is 5.24. The fourth-order valence-corrected chi connectivity index (χ4v) is 3.40. The highest BCUT2D eigenvalue weighted by Crippen LogP contribution is 2.21. The second-order valence-electron chi connectivity index (χ2n) is 7.37. The molecule has 154 valence electrons. The predicted octanol–water partition coefficient (Wildman–Crippen LogP) is 3.58. The van der Waals surface area contributed by atoms with Crippen LogP contribution in [-0.2, 0) is 16.1 Å². The summed E-state index contributed by atoms with van der Waals surface area (Å²) in [7, 11) is 1.36. The quantitative estimate of drug-likeness (QED) is 0.701. The van der Waals surface area contributed by atoms with Crippen molar-refractivity contribution in [2.45, 2.75) is 38.8 Å². The molecule has 0 spiro atoms. The highest BCUT2D eigenvalue weighted by atomic mass is 16.5.